The largest absolute Gasteiger partial charge is 0.454 e. The van der Waals surface area contributed by atoms with E-state index in [4.69, 9.17) is 32.7 Å². The lowest BCUT2D eigenvalue weighted by molar-refractivity contribution is 0.174. The minimum atomic E-state index is 0.210. The number of hydrogen-bond acceptors (Lipinski definition) is 4. The van der Waals surface area contributed by atoms with Crippen molar-refractivity contribution in [2.45, 2.75) is 6.54 Å². The van der Waals surface area contributed by atoms with Crippen LogP contribution in [0.15, 0.2) is 30.3 Å². The molecule has 1 aliphatic rings. The van der Waals surface area contributed by atoms with Gasteiger partial charge < -0.3 is 14.8 Å². The monoisotopic (exact) mass is 296 g/mol. The lowest BCUT2D eigenvalue weighted by Gasteiger charge is -2.07. The summed E-state index contributed by atoms with van der Waals surface area (Å²) in [6.07, 6.45) is 0. The van der Waals surface area contributed by atoms with E-state index < -0.39 is 0 Å². The molecule has 19 heavy (non-hydrogen) atoms. The Hall–Kier alpha value is -1.65. The summed E-state index contributed by atoms with van der Waals surface area (Å²) in [5.74, 6) is 1.98. The number of ether oxygens (including phenoxy) is 2. The molecule has 0 unspecified atom stereocenters. The van der Waals surface area contributed by atoms with E-state index in [0.717, 1.165) is 5.56 Å². The van der Waals surface area contributed by atoms with Gasteiger partial charge in [-0.1, -0.05) is 29.3 Å². The molecule has 0 amide bonds. The summed E-state index contributed by atoms with van der Waals surface area (Å²) in [5, 5.41) is 4.17. The summed E-state index contributed by atoms with van der Waals surface area (Å²) in [5.41, 5.74) is 0.982. The maximum absolute atomic E-state index is 6.11. The molecule has 1 aromatic heterocycles. The minimum absolute atomic E-state index is 0.210. The number of hydrogen-bond donors (Lipinski definition) is 1. The molecule has 1 aliphatic heterocycles. The van der Waals surface area contributed by atoms with Crippen molar-refractivity contribution in [2.75, 3.05) is 12.1 Å². The molecule has 1 aromatic carbocycles. The second-order valence-electron chi connectivity index (χ2n) is 4.01. The molecule has 4 nitrogen and oxygen atoms in total. The molecule has 6 heteroatoms. The van der Waals surface area contributed by atoms with Crippen molar-refractivity contribution in [2.24, 2.45) is 0 Å². The third-order valence-corrected chi connectivity index (χ3v) is 3.17. The smallest absolute Gasteiger partial charge is 0.231 e. The average molecular weight is 297 g/mol. The number of nitrogens with one attached hydrogen (secondary N) is 1. The molecule has 98 valence electrons. The van der Waals surface area contributed by atoms with E-state index in [9.17, 15) is 0 Å². The predicted molar refractivity (Wildman–Crippen MR) is 74.1 cm³/mol. The summed E-state index contributed by atoms with van der Waals surface area (Å²) in [6.45, 7) is 0.783. The predicted octanol–water partition coefficient (Wildman–Crippen LogP) is 3.73. The van der Waals surface area contributed by atoms with Crippen LogP contribution < -0.4 is 14.8 Å². The van der Waals surface area contributed by atoms with Gasteiger partial charge in [0.15, 0.2) is 11.5 Å². The molecule has 2 heterocycles. The Kier molecular flexibility index (Phi) is 3.36. The fourth-order valence-electron chi connectivity index (χ4n) is 1.82. The molecule has 0 saturated carbocycles. The van der Waals surface area contributed by atoms with Crippen molar-refractivity contribution in [3.8, 4) is 11.5 Å². The van der Waals surface area contributed by atoms with E-state index in [0.29, 0.717) is 34.0 Å². The number of benzene rings is 1. The number of halogens is 2. The highest BCUT2D eigenvalue weighted by Crippen LogP contribution is 2.39. The van der Waals surface area contributed by atoms with Gasteiger partial charge >= 0.3 is 0 Å². The molecular weight excluding hydrogens is 287 g/mol. The van der Waals surface area contributed by atoms with Gasteiger partial charge in [0.05, 0.1) is 5.02 Å². The van der Waals surface area contributed by atoms with Crippen LogP contribution in [-0.4, -0.2) is 11.8 Å². The highest BCUT2D eigenvalue weighted by atomic mass is 35.5. The van der Waals surface area contributed by atoms with Crippen LogP contribution in [0.4, 0.5) is 5.82 Å². The van der Waals surface area contributed by atoms with Gasteiger partial charge in [0.1, 0.15) is 11.0 Å². The third-order valence-electron chi connectivity index (χ3n) is 2.68. The molecule has 0 aliphatic carbocycles. The van der Waals surface area contributed by atoms with Gasteiger partial charge in [0.2, 0.25) is 6.79 Å². The maximum atomic E-state index is 6.11. The zero-order chi connectivity index (χ0) is 13.2. The summed E-state index contributed by atoms with van der Waals surface area (Å²) < 4.78 is 10.6. The Labute approximate surface area is 120 Å². The second-order valence-corrected chi connectivity index (χ2v) is 4.80. The number of nitrogens with zero attached hydrogens (tertiary/aromatic N) is 1. The second kappa shape index (κ2) is 5.15. The molecule has 1 N–H and O–H groups in total. The van der Waals surface area contributed by atoms with Crippen molar-refractivity contribution >= 4 is 29.0 Å². The lowest BCUT2D eigenvalue weighted by atomic mass is 10.2. The Morgan fingerprint density at radius 2 is 2.11 bits per heavy atom. The van der Waals surface area contributed by atoms with Gasteiger partial charge in [-0.3, -0.25) is 0 Å². The Morgan fingerprint density at radius 3 is 2.95 bits per heavy atom. The summed E-state index contributed by atoms with van der Waals surface area (Å²) in [7, 11) is 0. The van der Waals surface area contributed by atoms with Crippen molar-refractivity contribution in [1.82, 2.24) is 4.98 Å². The van der Waals surface area contributed by atoms with Crippen LogP contribution in [-0.2, 0) is 6.54 Å². The van der Waals surface area contributed by atoms with Gasteiger partial charge in [0, 0.05) is 6.54 Å². The first-order valence-electron chi connectivity index (χ1n) is 5.67. The van der Waals surface area contributed by atoms with E-state index in [-0.39, 0.29) is 6.79 Å². The molecule has 0 spiro atoms. The molecule has 3 rings (SSSR count). The van der Waals surface area contributed by atoms with Crippen LogP contribution in [0.3, 0.4) is 0 Å². The van der Waals surface area contributed by atoms with Crippen LogP contribution in [0, 0.1) is 0 Å². The van der Waals surface area contributed by atoms with Crippen LogP contribution in [0.1, 0.15) is 5.56 Å². The topological polar surface area (TPSA) is 43.4 Å². The molecular formula is C13H10Cl2N2O2. The zero-order valence-corrected chi connectivity index (χ0v) is 11.3. The molecule has 0 saturated heterocycles. The van der Waals surface area contributed by atoms with Gasteiger partial charge in [-0.25, -0.2) is 4.98 Å². The number of anilines is 1. The first kappa shape index (κ1) is 12.4. The van der Waals surface area contributed by atoms with Crippen LogP contribution in [0.2, 0.25) is 10.2 Å². The highest BCUT2D eigenvalue weighted by Gasteiger charge is 2.18. The SMILES string of the molecule is Clc1cccc(NCc2cc(Cl)c3c(c2)OCO3)n1. The van der Waals surface area contributed by atoms with Gasteiger partial charge in [-0.05, 0) is 29.8 Å². The zero-order valence-electron chi connectivity index (χ0n) is 9.82. The highest BCUT2D eigenvalue weighted by molar-refractivity contribution is 6.32. The van der Waals surface area contributed by atoms with Crippen LogP contribution in [0.25, 0.3) is 0 Å². The summed E-state index contributed by atoms with van der Waals surface area (Å²) in [4.78, 5) is 4.15. The van der Waals surface area contributed by atoms with Crippen molar-refractivity contribution in [3.05, 3.63) is 46.1 Å². The summed E-state index contributed by atoms with van der Waals surface area (Å²) >= 11 is 11.9. The Morgan fingerprint density at radius 1 is 1.21 bits per heavy atom. The van der Waals surface area contributed by atoms with E-state index in [2.05, 4.69) is 10.3 Å². The molecule has 0 atom stereocenters. The van der Waals surface area contributed by atoms with Gasteiger partial charge in [-0.2, -0.15) is 0 Å². The van der Waals surface area contributed by atoms with Crippen molar-refractivity contribution in [3.63, 3.8) is 0 Å². The fourth-order valence-corrected chi connectivity index (χ4v) is 2.27. The maximum Gasteiger partial charge on any atom is 0.231 e. The number of fused-ring (bicyclic) bond motifs is 1. The first-order chi connectivity index (χ1) is 9.22. The van der Waals surface area contributed by atoms with Crippen molar-refractivity contribution < 1.29 is 9.47 Å². The van der Waals surface area contributed by atoms with E-state index in [1.54, 1.807) is 6.07 Å². The lowest BCUT2D eigenvalue weighted by Crippen LogP contribution is -2.01. The quantitative estimate of drug-likeness (QED) is 0.877. The fraction of sp³-hybridized carbons (Fsp3) is 0.154. The van der Waals surface area contributed by atoms with E-state index in [1.165, 1.54) is 0 Å². The Balaban J connectivity index is 1.76. The number of aromatic nitrogens is 1. The number of pyridine rings is 1. The van der Waals surface area contributed by atoms with E-state index in [1.807, 2.05) is 24.3 Å². The normalized spacial score (nSPS) is 12.5. The standard InChI is InChI=1S/C13H10Cl2N2O2/c14-9-4-8(5-10-13(9)19-7-18-10)6-16-12-3-1-2-11(15)17-12/h1-5H,6-7H2,(H,16,17). The molecule has 2 aromatic rings. The van der Waals surface area contributed by atoms with Crippen molar-refractivity contribution in [1.29, 1.82) is 0 Å². The van der Waals surface area contributed by atoms with Gasteiger partial charge in [-0.15, -0.1) is 0 Å². The number of rotatable bonds is 3. The summed E-state index contributed by atoms with van der Waals surface area (Å²) in [6, 6.07) is 9.15. The molecule has 0 fully saturated rings. The molecule has 0 radical (unpaired) electrons. The van der Waals surface area contributed by atoms with Crippen LogP contribution in [0.5, 0.6) is 11.5 Å². The Bertz CT molecular complexity index is 620. The first-order valence-corrected chi connectivity index (χ1v) is 6.42. The van der Waals surface area contributed by atoms with E-state index >= 15 is 0 Å². The average Bonchev–Trinajstić information content (AvgIpc) is 2.85. The van der Waals surface area contributed by atoms with Crippen LogP contribution >= 0.6 is 23.2 Å². The third kappa shape index (κ3) is 2.69. The molecule has 0 bridgehead atoms. The van der Waals surface area contributed by atoms with Gasteiger partial charge in [0.25, 0.3) is 0 Å². The minimum Gasteiger partial charge on any atom is -0.454 e.